The molecule has 0 aliphatic carbocycles. The third-order valence-corrected chi connectivity index (χ3v) is 7.50. The van der Waals surface area contributed by atoms with Crippen LogP contribution in [-0.4, -0.2) is 45.8 Å². The lowest BCUT2D eigenvalue weighted by Gasteiger charge is -2.28. The Balaban J connectivity index is 1.64. The molecule has 2 rings (SSSR count). The van der Waals surface area contributed by atoms with E-state index in [1.54, 1.807) is 5.48 Å². The third-order valence-electron chi connectivity index (χ3n) is 5.13. The second-order valence-corrected chi connectivity index (χ2v) is 9.46. The number of hydrogen-bond acceptors (Lipinski definition) is 5. The molecule has 2 aliphatic heterocycles. The van der Waals surface area contributed by atoms with Gasteiger partial charge in [0.15, 0.2) is 0 Å². The average molecular weight is 374 g/mol. The van der Waals surface area contributed by atoms with E-state index in [2.05, 4.69) is 13.5 Å². The average Bonchev–Trinajstić information content (AvgIpc) is 3.17. The van der Waals surface area contributed by atoms with E-state index >= 15 is 0 Å². The Hall–Kier alpha value is -0.170. The van der Waals surface area contributed by atoms with Crippen LogP contribution in [0.1, 0.15) is 45.4 Å². The maximum Gasteiger partial charge on any atom is 0.243 e. The second-order valence-electron chi connectivity index (χ2n) is 6.84. The molecule has 24 heavy (non-hydrogen) atoms. The summed E-state index contributed by atoms with van der Waals surface area (Å²) < 4.78 is 6.17. The summed E-state index contributed by atoms with van der Waals surface area (Å²) in [7, 11) is 0. The lowest BCUT2D eigenvalue weighted by molar-refractivity contribution is -0.129. The van der Waals surface area contributed by atoms with E-state index in [0.29, 0.717) is 23.9 Å². The van der Waals surface area contributed by atoms with Crippen LogP contribution in [-0.2, 0) is 9.53 Å². The van der Waals surface area contributed by atoms with Gasteiger partial charge in [-0.25, -0.2) is 5.48 Å². The molecule has 6 heteroatoms. The van der Waals surface area contributed by atoms with Crippen molar-refractivity contribution >= 4 is 29.4 Å². The van der Waals surface area contributed by atoms with Gasteiger partial charge in [0.25, 0.3) is 0 Å². The molecule has 0 saturated carbocycles. The van der Waals surface area contributed by atoms with Crippen molar-refractivity contribution in [3.8, 4) is 0 Å². The van der Waals surface area contributed by atoms with Gasteiger partial charge in [-0.3, -0.25) is 10.0 Å². The van der Waals surface area contributed by atoms with Gasteiger partial charge in [0.05, 0.1) is 12.2 Å². The van der Waals surface area contributed by atoms with Crippen molar-refractivity contribution in [2.45, 2.75) is 62.9 Å². The highest BCUT2D eigenvalue weighted by molar-refractivity contribution is 7.99. The molecular formula is C18H31NO3S2. The molecule has 0 aromatic carbocycles. The standard InChI is InChI=1S/C18H31NO3S2/c1-3-10-23-12-15-14(16-7-8-17(15)22-16)9-11-24-13(2)5-4-6-18(20)19-21/h3,13-17,21H,1,4-12H2,2H3,(H,19,20). The molecule has 2 bridgehead atoms. The van der Waals surface area contributed by atoms with Gasteiger partial charge in [0.2, 0.25) is 5.91 Å². The molecule has 5 atom stereocenters. The second kappa shape index (κ2) is 10.7. The van der Waals surface area contributed by atoms with Gasteiger partial charge in [0, 0.05) is 17.4 Å². The fraction of sp³-hybridized carbons (Fsp3) is 0.833. The molecule has 2 saturated heterocycles. The molecule has 2 heterocycles. The van der Waals surface area contributed by atoms with Crippen LogP contribution in [0, 0.1) is 11.8 Å². The summed E-state index contributed by atoms with van der Waals surface area (Å²) in [6, 6.07) is 0. The van der Waals surface area contributed by atoms with Crippen LogP contribution in [0.4, 0.5) is 0 Å². The fourth-order valence-corrected chi connectivity index (χ4v) is 6.06. The highest BCUT2D eigenvalue weighted by Crippen LogP contribution is 2.46. The highest BCUT2D eigenvalue weighted by Gasteiger charge is 2.47. The molecular weight excluding hydrogens is 342 g/mol. The summed E-state index contributed by atoms with van der Waals surface area (Å²) in [6.07, 6.45) is 8.97. The summed E-state index contributed by atoms with van der Waals surface area (Å²) in [5, 5.41) is 9.05. The summed E-state index contributed by atoms with van der Waals surface area (Å²) in [4.78, 5) is 11.0. The summed E-state index contributed by atoms with van der Waals surface area (Å²) >= 11 is 3.99. The van der Waals surface area contributed by atoms with Gasteiger partial charge in [-0.1, -0.05) is 13.0 Å². The van der Waals surface area contributed by atoms with Crippen molar-refractivity contribution in [3.05, 3.63) is 12.7 Å². The van der Waals surface area contributed by atoms with Gasteiger partial charge in [-0.15, -0.1) is 6.58 Å². The Labute approximate surface area is 154 Å². The Morgan fingerprint density at radius 3 is 2.88 bits per heavy atom. The number of rotatable bonds is 12. The largest absolute Gasteiger partial charge is 0.374 e. The summed E-state index contributed by atoms with van der Waals surface area (Å²) in [5.41, 5.74) is 1.69. The molecule has 138 valence electrons. The summed E-state index contributed by atoms with van der Waals surface area (Å²) in [5.74, 6) is 4.57. The van der Waals surface area contributed by atoms with E-state index in [0.717, 1.165) is 30.4 Å². The first-order valence-corrected chi connectivity index (χ1v) is 11.2. The Kier molecular flexibility index (Phi) is 9.01. The molecule has 2 aliphatic rings. The fourth-order valence-electron chi connectivity index (χ4n) is 3.88. The van der Waals surface area contributed by atoms with E-state index in [1.165, 1.54) is 30.8 Å². The SMILES string of the molecule is C=CCSCC1C2CCC(O2)C1CCSC(C)CCCC(=O)NO. The molecule has 0 aromatic rings. The zero-order valence-corrected chi connectivity index (χ0v) is 16.2. The number of hydroxylamine groups is 1. The van der Waals surface area contributed by atoms with Crippen LogP contribution >= 0.6 is 23.5 Å². The lowest BCUT2D eigenvalue weighted by atomic mass is 9.79. The lowest BCUT2D eigenvalue weighted by Crippen LogP contribution is -2.29. The predicted octanol–water partition coefficient (Wildman–Crippen LogP) is 3.89. The number of hydrogen-bond donors (Lipinski definition) is 2. The molecule has 2 fully saturated rings. The molecule has 0 aromatic heterocycles. The Morgan fingerprint density at radius 2 is 2.17 bits per heavy atom. The topological polar surface area (TPSA) is 58.6 Å². The van der Waals surface area contributed by atoms with Crippen LogP contribution in [0.25, 0.3) is 0 Å². The molecule has 1 amide bonds. The summed E-state index contributed by atoms with van der Waals surface area (Å²) in [6.45, 7) is 6.04. The highest BCUT2D eigenvalue weighted by atomic mass is 32.2. The number of amides is 1. The van der Waals surface area contributed by atoms with Gasteiger partial charge < -0.3 is 4.74 Å². The van der Waals surface area contributed by atoms with E-state index < -0.39 is 0 Å². The number of thioether (sulfide) groups is 2. The van der Waals surface area contributed by atoms with E-state index in [-0.39, 0.29) is 5.91 Å². The molecule has 4 nitrogen and oxygen atoms in total. The minimum Gasteiger partial charge on any atom is -0.374 e. The van der Waals surface area contributed by atoms with Gasteiger partial charge in [-0.05, 0) is 55.4 Å². The van der Waals surface area contributed by atoms with Gasteiger partial charge in [-0.2, -0.15) is 23.5 Å². The van der Waals surface area contributed by atoms with Crippen molar-refractivity contribution < 1.29 is 14.7 Å². The first-order valence-electron chi connectivity index (χ1n) is 9.04. The zero-order valence-electron chi connectivity index (χ0n) is 14.6. The molecule has 0 spiro atoms. The first-order chi connectivity index (χ1) is 11.7. The van der Waals surface area contributed by atoms with Crippen LogP contribution in [0.15, 0.2) is 12.7 Å². The van der Waals surface area contributed by atoms with Gasteiger partial charge >= 0.3 is 0 Å². The van der Waals surface area contributed by atoms with Gasteiger partial charge in [0.1, 0.15) is 0 Å². The predicted molar refractivity (Wildman–Crippen MR) is 103 cm³/mol. The molecule has 0 radical (unpaired) electrons. The van der Waals surface area contributed by atoms with E-state index in [4.69, 9.17) is 9.94 Å². The first kappa shape index (κ1) is 20.1. The maximum absolute atomic E-state index is 11.0. The van der Waals surface area contributed by atoms with Crippen molar-refractivity contribution in [2.24, 2.45) is 11.8 Å². The van der Waals surface area contributed by atoms with Crippen molar-refractivity contribution in [2.75, 3.05) is 17.3 Å². The van der Waals surface area contributed by atoms with E-state index in [1.807, 2.05) is 29.6 Å². The van der Waals surface area contributed by atoms with Crippen molar-refractivity contribution in [3.63, 3.8) is 0 Å². The number of nitrogens with one attached hydrogen (secondary N) is 1. The smallest absolute Gasteiger partial charge is 0.243 e. The molecule has 2 N–H and O–H groups in total. The Morgan fingerprint density at radius 1 is 1.42 bits per heavy atom. The minimum absolute atomic E-state index is 0.286. The van der Waals surface area contributed by atoms with Crippen LogP contribution < -0.4 is 5.48 Å². The minimum atomic E-state index is -0.286. The monoisotopic (exact) mass is 373 g/mol. The maximum atomic E-state index is 11.0. The van der Waals surface area contributed by atoms with Crippen molar-refractivity contribution in [1.82, 2.24) is 5.48 Å². The number of carbonyl (C=O) groups is 1. The third kappa shape index (κ3) is 5.97. The Bertz CT molecular complexity index is 408. The van der Waals surface area contributed by atoms with Crippen LogP contribution in [0.3, 0.4) is 0 Å². The molecule has 5 unspecified atom stereocenters. The number of fused-ring (bicyclic) bond motifs is 2. The quantitative estimate of drug-likeness (QED) is 0.235. The van der Waals surface area contributed by atoms with Crippen molar-refractivity contribution in [1.29, 1.82) is 0 Å². The van der Waals surface area contributed by atoms with E-state index in [9.17, 15) is 4.79 Å². The zero-order chi connectivity index (χ0) is 17.4. The normalized spacial score (nSPS) is 29.6. The number of carbonyl (C=O) groups excluding carboxylic acids is 1. The number of ether oxygens (including phenoxy) is 1. The van der Waals surface area contributed by atoms with Crippen LogP contribution in [0.2, 0.25) is 0 Å². The van der Waals surface area contributed by atoms with Crippen LogP contribution in [0.5, 0.6) is 0 Å².